The summed E-state index contributed by atoms with van der Waals surface area (Å²) in [5.74, 6) is 1.87. The van der Waals surface area contributed by atoms with E-state index < -0.39 is 6.10 Å². The van der Waals surface area contributed by atoms with Crippen LogP contribution in [0.1, 0.15) is 30.9 Å². The Morgan fingerprint density at radius 2 is 2.00 bits per heavy atom. The van der Waals surface area contributed by atoms with E-state index in [0.717, 1.165) is 29.9 Å². The number of benzene rings is 1. The number of aliphatic hydroxyl groups is 1. The highest BCUT2D eigenvalue weighted by Crippen LogP contribution is 2.41. The molecule has 0 bridgehead atoms. The van der Waals surface area contributed by atoms with E-state index in [0.29, 0.717) is 5.92 Å². The van der Waals surface area contributed by atoms with Crippen molar-refractivity contribution in [2.45, 2.75) is 25.4 Å². The largest absolute Gasteiger partial charge is 0.497 e. The minimum atomic E-state index is -0.432. The quantitative estimate of drug-likeness (QED) is 0.850. The molecule has 0 heterocycles. The normalized spacial score (nSPS) is 17.7. The van der Waals surface area contributed by atoms with Crippen molar-refractivity contribution in [3.63, 3.8) is 0 Å². The average Bonchev–Trinajstić information content (AvgIpc) is 2.25. The lowest BCUT2D eigenvalue weighted by Gasteiger charge is -2.31. The molecule has 88 valence electrons. The maximum absolute atomic E-state index is 10.2. The molecule has 1 saturated carbocycles. The minimum Gasteiger partial charge on any atom is -0.497 e. The lowest BCUT2D eigenvalue weighted by atomic mass is 9.78. The summed E-state index contributed by atoms with van der Waals surface area (Å²) in [5, 5.41) is 10.2. The van der Waals surface area contributed by atoms with Crippen molar-refractivity contribution in [3.8, 4) is 11.5 Å². The van der Waals surface area contributed by atoms with Crippen molar-refractivity contribution >= 4 is 0 Å². The molecule has 0 saturated heterocycles. The Kier molecular flexibility index (Phi) is 3.34. The summed E-state index contributed by atoms with van der Waals surface area (Å²) < 4.78 is 10.4. The predicted octanol–water partition coefficient (Wildman–Crippen LogP) is 2.54. The second-order valence-electron chi connectivity index (χ2n) is 4.24. The summed E-state index contributed by atoms with van der Waals surface area (Å²) in [6.45, 7) is 0. The molecule has 3 heteroatoms. The van der Waals surface area contributed by atoms with Gasteiger partial charge in [-0.25, -0.2) is 0 Å². The number of hydrogen-bond donors (Lipinski definition) is 1. The molecule has 1 aliphatic rings. The van der Waals surface area contributed by atoms with Gasteiger partial charge in [-0.3, -0.25) is 0 Å². The highest BCUT2D eigenvalue weighted by molar-refractivity contribution is 5.42. The Balaban J connectivity index is 2.27. The molecule has 0 aliphatic heterocycles. The molecule has 1 N–H and O–H groups in total. The number of ether oxygens (including phenoxy) is 2. The van der Waals surface area contributed by atoms with Crippen molar-refractivity contribution < 1.29 is 14.6 Å². The van der Waals surface area contributed by atoms with E-state index in [1.807, 2.05) is 18.2 Å². The van der Waals surface area contributed by atoms with Crippen LogP contribution in [0.25, 0.3) is 0 Å². The summed E-state index contributed by atoms with van der Waals surface area (Å²) in [6.07, 6.45) is 2.98. The predicted molar refractivity (Wildman–Crippen MR) is 61.8 cm³/mol. The van der Waals surface area contributed by atoms with Crippen molar-refractivity contribution in [1.82, 2.24) is 0 Å². The second-order valence-corrected chi connectivity index (χ2v) is 4.24. The van der Waals surface area contributed by atoms with Crippen LogP contribution in [0.3, 0.4) is 0 Å². The first-order chi connectivity index (χ1) is 7.76. The minimum absolute atomic E-state index is 0.376. The summed E-state index contributed by atoms with van der Waals surface area (Å²) >= 11 is 0. The molecule has 0 radical (unpaired) electrons. The molecule has 1 fully saturated rings. The van der Waals surface area contributed by atoms with E-state index in [1.54, 1.807) is 14.2 Å². The van der Waals surface area contributed by atoms with E-state index in [-0.39, 0.29) is 0 Å². The Morgan fingerprint density at radius 1 is 1.25 bits per heavy atom. The van der Waals surface area contributed by atoms with Gasteiger partial charge in [-0.2, -0.15) is 0 Å². The molecule has 0 amide bonds. The zero-order chi connectivity index (χ0) is 11.5. The number of aliphatic hydroxyl groups excluding tert-OH is 1. The van der Waals surface area contributed by atoms with Gasteiger partial charge in [0.1, 0.15) is 11.5 Å². The van der Waals surface area contributed by atoms with Crippen molar-refractivity contribution in [1.29, 1.82) is 0 Å². The number of rotatable bonds is 4. The SMILES string of the molecule is COc1ccc(OC)c(C(O)C2CCC2)c1. The standard InChI is InChI=1S/C13H18O3/c1-15-10-6-7-12(16-2)11(8-10)13(14)9-4-3-5-9/h6-9,13-14H,3-5H2,1-2H3. The molecule has 1 unspecified atom stereocenters. The maximum atomic E-state index is 10.2. The Bertz CT molecular complexity index is 358. The summed E-state index contributed by atoms with van der Waals surface area (Å²) in [6, 6.07) is 5.55. The molecular weight excluding hydrogens is 204 g/mol. The molecule has 0 spiro atoms. The van der Waals surface area contributed by atoms with Crippen LogP contribution in [0.4, 0.5) is 0 Å². The Hall–Kier alpha value is -1.22. The third-order valence-corrected chi connectivity index (χ3v) is 3.35. The summed E-state index contributed by atoms with van der Waals surface area (Å²) in [7, 11) is 3.25. The Labute approximate surface area is 96.0 Å². The van der Waals surface area contributed by atoms with Crippen molar-refractivity contribution in [3.05, 3.63) is 23.8 Å². The fourth-order valence-electron chi connectivity index (χ4n) is 2.08. The van der Waals surface area contributed by atoms with E-state index in [4.69, 9.17) is 9.47 Å². The lowest BCUT2D eigenvalue weighted by molar-refractivity contribution is 0.0599. The fraction of sp³-hybridized carbons (Fsp3) is 0.538. The van der Waals surface area contributed by atoms with Crippen LogP contribution in [-0.2, 0) is 0 Å². The van der Waals surface area contributed by atoms with Gasteiger partial charge >= 0.3 is 0 Å². The maximum Gasteiger partial charge on any atom is 0.124 e. The van der Waals surface area contributed by atoms with Gasteiger partial charge in [-0.1, -0.05) is 6.42 Å². The summed E-state index contributed by atoms with van der Waals surface area (Å²) in [4.78, 5) is 0. The molecule has 2 rings (SSSR count). The van der Waals surface area contributed by atoms with Crippen LogP contribution in [0.2, 0.25) is 0 Å². The molecule has 3 nitrogen and oxygen atoms in total. The second kappa shape index (κ2) is 4.74. The lowest BCUT2D eigenvalue weighted by Crippen LogP contribution is -2.20. The third kappa shape index (κ3) is 2.00. The van der Waals surface area contributed by atoms with Crippen LogP contribution in [0.15, 0.2) is 18.2 Å². The van der Waals surface area contributed by atoms with Gasteiger partial charge < -0.3 is 14.6 Å². The molecule has 16 heavy (non-hydrogen) atoms. The van der Waals surface area contributed by atoms with Crippen molar-refractivity contribution in [2.75, 3.05) is 14.2 Å². The third-order valence-electron chi connectivity index (χ3n) is 3.35. The van der Waals surface area contributed by atoms with Gasteiger partial charge in [0.05, 0.1) is 20.3 Å². The average molecular weight is 222 g/mol. The van der Waals surface area contributed by atoms with Crippen LogP contribution in [0.5, 0.6) is 11.5 Å². The van der Waals surface area contributed by atoms with Gasteiger partial charge in [-0.15, -0.1) is 0 Å². The Morgan fingerprint density at radius 3 is 2.50 bits per heavy atom. The van der Waals surface area contributed by atoms with Gasteiger partial charge in [0.25, 0.3) is 0 Å². The summed E-state index contributed by atoms with van der Waals surface area (Å²) in [5.41, 5.74) is 0.839. The van der Waals surface area contributed by atoms with Crippen LogP contribution in [0, 0.1) is 5.92 Å². The highest BCUT2D eigenvalue weighted by Gasteiger charge is 2.28. The van der Waals surface area contributed by atoms with Crippen LogP contribution < -0.4 is 9.47 Å². The topological polar surface area (TPSA) is 38.7 Å². The van der Waals surface area contributed by atoms with E-state index in [9.17, 15) is 5.11 Å². The molecule has 1 aromatic rings. The first kappa shape index (κ1) is 11.3. The first-order valence-corrected chi connectivity index (χ1v) is 5.66. The van der Waals surface area contributed by atoms with Crippen LogP contribution in [-0.4, -0.2) is 19.3 Å². The zero-order valence-electron chi connectivity index (χ0n) is 9.77. The number of methoxy groups -OCH3 is 2. The fourth-order valence-corrected chi connectivity index (χ4v) is 2.08. The highest BCUT2D eigenvalue weighted by atomic mass is 16.5. The molecule has 1 aliphatic carbocycles. The molecule has 0 aromatic heterocycles. The molecule has 1 atom stereocenters. The van der Waals surface area contributed by atoms with Gasteiger partial charge in [0, 0.05) is 5.56 Å². The van der Waals surface area contributed by atoms with E-state index in [1.165, 1.54) is 6.42 Å². The van der Waals surface area contributed by atoms with E-state index in [2.05, 4.69) is 0 Å². The van der Waals surface area contributed by atoms with Crippen LogP contribution >= 0.6 is 0 Å². The monoisotopic (exact) mass is 222 g/mol. The van der Waals surface area contributed by atoms with Gasteiger partial charge in [0.15, 0.2) is 0 Å². The van der Waals surface area contributed by atoms with Crippen molar-refractivity contribution in [2.24, 2.45) is 5.92 Å². The van der Waals surface area contributed by atoms with E-state index >= 15 is 0 Å². The first-order valence-electron chi connectivity index (χ1n) is 5.66. The molecule has 1 aromatic carbocycles. The number of hydrogen-bond acceptors (Lipinski definition) is 3. The smallest absolute Gasteiger partial charge is 0.124 e. The molecular formula is C13H18O3. The van der Waals surface area contributed by atoms with Gasteiger partial charge in [-0.05, 0) is 37.0 Å². The zero-order valence-corrected chi connectivity index (χ0v) is 9.77. The van der Waals surface area contributed by atoms with Gasteiger partial charge in [0.2, 0.25) is 0 Å².